The fourth-order valence-corrected chi connectivity index (χ4v) is 1.59. The zero-order valence-corrected chi connectivity index (χ0v) is 9.17. The van der Waals surface area contributed by atoms with Crippen molar-refractivity contribution in [2.75, 3.05) is 5.32 Å². The van der Waals surface area contributed by atoms with Crippen molar-refractivity contribution in [1.29, 1.82) is 0 Å². The average molecular weight is 200 g/mol. The van der Waals surface area contributed by atoms with Crippen LogP contribution in [0.15, 0.2) is 36.5 Å². The molecule has 0 atom stereocenters. The molecule has 0 saturated heterocycles. The second kappa shape index (κ2) is 4.22. The first-order chi connectivity index (χ1) is 7.25. The van der Waals surface area contributed by atoms with Gasteiger partial charge in [-0.3, -0.25) is 0 Å². The Kier molecular flexibility index (Phi) is 2.77. The van der Waals surface area contributed by atoms with E-state index in [9.17, 15) is 0 Å². The molecule has 1 aromatic carbocycles. The van der Waals surface area contributed by atoms with Crippen molar-refractivity contribution in [1.82, 2.24) is 4.98 Å². The van der Waals surface area contributed by atoms with Gasteiger partial charge < -0.3 is 10.3 Å². The molecule has 0 amide bonds. The molecule has 0 aliphatic rings. The van der Waals surface area contributed by atoms with Crippen molar-refractivity contribution in [3.05, 3.63) is 53.3 Å². The van der Waals surface area contributed by atoms with Gasteiger partial charge in [-0.15, -0.1) is 0 Å². The zero-order valence-electron chi connectivity index (χ0n) is 9.17. The quantitative estimate of drug-likeness (QED) is 0.782. The lowest BCUT2D eigenvalue weighted by molar-refractivity contribution is 1.07. The van der Waals surface area contributed by atoms with Crippen LogP contribution in [0.4, 0.5) is 5.69 Å². The van der Waals surface area contributed by atoms with Crippen molar-refractivity contribution in [2.24, 2.45) is 0 Å². The molecule has 15 heavy (non-hydrogen) atoms. The molecular weight excluding hydrogens is 184 g/mol. The number of benzene rings is 1. The molecule has 2 heteroatoms. The van der Waals surface area contributed by atoms with E-state index in [4.69, 9.17) is 0 Å². The maximum absolute atomic E-state index is 3.42. The number of rotatable bonds is 3. The van der Waals surface area contributed by atoms with Crippen molar-refractivity contribution in [3.63, 3.8) is 0 Å². The van der Waals surface area contributed by atoms with E-state index in [2.05, 4.69) is 48.4 Å². The van der Waals surface area contributed by atoms with Gasteiger partial charge in [0.25, 0.3) is 0 Å². The first-order valence-electron chi connectivity index (χ1n) is 5.19. The lowest BCUT2D eigenvalue weighted by Gasteiger charge is -2.09. The van der Waals surface area contributed by atoms with Crippen molar-refractivity contribution < 1.29 is 0 Å². The van der Waals surface area contributed by atoms with Crippen molar-refractivity contribution in [3.8, 4) is 0 Å². The minimum atomic E-state index is 0.845. The second-order valence-corrected chi connectivity index (χ2v) is 3.87. The Morgan fingerprint density at radius 2 is 2.07 bits per heavy atom. The van der Waals surface area contributed by atoms with Gasteiger partial charge in [-0.25, -0.2) is 0 Å². The van der Waals surface area contributed by atoms with Crippen LogP contribution in [0.5, 0.6) is 0 Å². The molecule has 0 aliphatic carbocycles. The molecule has 0 saturated carbocycles. The smallest absolute Gasteiger partial charge is 0.0551 e. The summed E-state index contributed by atoms with van der Waals surface area (Å²) in [5.41, 5.74) is 4.99. The van der Waals surface area contributed by atoms with Crippen LogP contribution in [0.25, 0.3) is 0 Å². The summed E-state index contributed by atoms with van der Waals surface area (Å²) in [5, 5.41) is 3.42. The van der Waals surface area contributed by atoms with Crippen LogP contribution in [0.1, 0.15) is 16.8 Å². The Balaban J connectivity index is 2.07. The molecule has 0 fully saturated rings. The summed E-state index contributed by atoms with van der Waals surface area (Å²) >= 11 is 0. The van der Waals surface area contributed by atoms with Gasteiger partial charge in [0.05, 0.1) is 6.54 Å². The van der Waals surface area contributed by atoms with Gasteiger partial charge in [0.1, 0.15) is 0 Å². The number of aromatic amines is 1. The molecule has 78 valence electrons. The molecule has 2 aromatic rings. The Bertz CT molecular complexity index is 430. The van der Waals surface area contributed by atoms with E-state index in [1.54, 1.807) is 0 Å². The predicted molar refractivity (Wildman–Crippen MR) is 64.0 cm³/mol. The van der Waals surface area contributed by atoms with Gasteiger partial charge in [0, 0.05) is 17.6 Å². The lowest BCUT2D eigenvalue weighted by atomic mass is 10.1. The number of H-pyrrole nitrogens is 1. The highest BCUT2D eigenvalue weighted by molar-refractivity contribution is 5.52. The molecule has 2 nitrogen and oxygen atoms in total. The topological polar surface area (TPSA) is 27.8 Å². The third kappa shape index (κ3) is 2.40. The van der Waals surface area contributed by atoms with E-state index in [1.807, 2.05) is 12.3 Å². The minimum Gasteiger partial charge on any atom is -0.379 e. The number of aromatic nitrogens is 1. The number of hydrogen-bond acceptors (Lipinski definition) is 1. The molecule has 0 unspecified atom stereocenters. The summed E-state index contributed by atoms with van der Waals surface area (Å²) in [4.78, 5) is 3.18. The zero-order chi connectivity index (χ0) is 10.7. The Hall–Kier alpha value is -1.70. The summed E-state index contributed by atoms with van der Waals surface area (Å²) < 4.78 is 0. The number of aryl methyl sites for hydroxylation is 2. The summed E-state index contributed by atoms with van der Waals surface area (Å²) in [6.07, 6.45) is 1.94. The van der Waals surface area contributed by atoms with Crippen LogP contribution in [-0.2, 0) is 6.54 Å². The highest BCUT2D eigenvalue weighted by atomic mass is 14.9. The number of anilines is 1. The van der Waals surface area contributed by atoms with Crippen molar-refractivity contribution in [2.45, 2.75) is 20.4 Å². The van der Waals surface area contributed by atoms with Crippen LogP contribution < -0.4 is 5.32 Å². The normalized spacial score (nSPS) is 10.3. The monoisotopic (exact) mass is 200 g/mol. The van der Waals surface area contributed by atoms with E-state index in [0.29, 0.717) is 0 Å². The third-order valence-corrected chi connectivity index (χ3v) is 2.52. The number of nitrogens with one attached hydrogen (secondary N) is 2. The fraction of sp³-hybridized carbons (Fsp3) is 0.231. The second-order valence-electron chi connectivity index (χ2n) is 3.87. The van der Waals surface area contributed by atoms with Gasteiger partial charge >= 0.3 is 0 Å². The largest absolute Gasteiger partial charge is 0.379 e. The highest BCUT2D eigenvalue weighted by Crippen LogP contribution is 2.16. The molecule has 0 bridgehead atoms. The molecule has 0 aliphatic heterocycles. The van der Waals surface area contributed by atoms with E-state index in [-0.39, 0.29) is 0 Å². The van der Waals surface area contributed by atoms with Crippen LogP contribution in [0, 0.1) is 13.8 Å². The SMILES string of the molecule is Cc1ccc(C)c(NCc2ccc[nH]2)c1. The first-order valence-corrected chi connectivity index (χ1v) is 5.19. The van der Waals surface area contributed by atoms with E-state index >= 15 is 0 Å². The molecule has 2 N–H and O–H groups in total. The Morgan fingerprint density at radius 3 is 2.80 bits per heavy atom. The van der Waals surface area contributed by atoms with Gasteiger partial charge in [-0.1, -0.05) is 12.1 Å². The Labute approximate surface area is 90.3 Å². The fourth-order valence-electron chi connectivity index (χ4n) is 1.59. The maximum atomic E-state index is 3.42. The summed E-state index contributed by atoms with van der Waals surface area (Å²) in [6, 6.07) is 10.6. The molecule has 1 aromatic heterocycles. The number of hydrogen-bond donors (Lipinski definition) is 2. The Morgan fingerprint density at radius 1 is 1.20 bits per heavy atom. The van der Waals surface area contributed by atoms with Crippen LogP contribution in [0.2, 0.25) is 0 Å². The van der Waals surface area contributed by atoms with Gasteiger partial charge in [-0.05, 0) is 43.2 Å². The van der Waals surface area contributed by atoms with Crippen LogP contribution >= 0.6 is 0 Å². The maximum Gasteiger partial charge on any atom is 0.0551 e. The standard InChI is InChI=1S/C13H16N2/c1-10-5-6-11(2)13(8-10)15-9-12-4-3-7-14-12/h3-8,14-15H,9H2,1-2H3. The van der Waals surface area contributed by atoms with Gasteiger partial charge in [-0.2, -0.15) is 0 Å². The highest BCUT2D eigenvalue weighted by Gasteiger charge is 1.98. The van der Waals surface area contributed by atoms with E-state index < -0.39 is 0 Å². The van der Waals surface area contributed by atoms with E-state index in [0.717, 1.165) is 6.54 Å². The molecule has 0 radical (unpaired) electrons. The first kappa shape index (κ1) is 9.84. The predicted octanol–water partition coefficient (Wildman–Crippen LogP) is 3.24. The van der Waals surface area contributed by atoms with Crippen molar-refractivity contribution >= 4 is 5.69 Å². The molecule has 0 spiro atoms. The summed E-state index contributed by atoms with van der Waals surface area (Å²) in [6.45, 7) is 5.08. The molecule has 2 rings (SSSR count). The van der Waals surface area contributed by atoms with Gasteiger partial charge in [0.2, 0.25) is 0 Å². The molecular formula is C13H16N2. The minimum absolute atomic E-state index is 0.845. The summed E-state index contributed by atoms with van der Waals surface area (Å²) in [7, 11) is 0. The van der Waals surface area contributed by atoms with Crippen LogP contribution in [-0.4, -0.2) is 4.98 Å². The average Bonchev–Trinajstić information content (AvgIpc) is 2.72. The lowest BCUT2D eigenvalue weighted by Crippen LogP contribution is -2.01. The van der Waals surface area contributed by atoms with Gasteiger partial charge in [0.15, 0.2) is 0 Å². The molecule has 1 heterocycles. The third-order valence-electron chi connectivity index (χ3n) is 2.52. The van der Waals surface area contributed by atoms with Crippen LogP contribution in [0.3, 0.4) is 0 Å². The van der Waals surface area contributed by atoms with E-state index in [1.165, 1.54) is 22.5 Å². The summed E-state index contributed by atoms with van der Waals surface area (Å²) in [5.74, 6) is 0.